The molecule has 2 rings (SSSR count). The second-order valence-electron chi connectivity index (χ2n) is 5.52. The summed E-state index contributed by atoms with van der Waals surface area (Å²) >= 11 is 0. The molecule has 0 N–H and O–H groups in total. The summed E-state index contributed by atoms with van der Waals surface area (Å²) in [5.41, 5.74) is 2.97. The molecule has 1 aromatic carbocycles. The van der Waals surface area contributed by atoms with E-state index in [1.54, 1.807) is 6.08 Å². The molecule has 0 bridgehead atoms. The number of allylic oxidation sites excluding steroid dienone is 1. The number of aryl methyl sites for hydroxylation is 2. The number of rotatable bonds is 5. The fourth-order valence-corrected chi connectivity index (χ4v) is 2.28. The van der Waals surface area contributed by atoms with E-state index in [-0.39, 0.29) is 24.6 Å². The lowest BCUT2D eigenvalue weighted by Crippen LogP contribution is -2.35. The molecule has 0 aliphatic carbocycles. The monoisotopic (exact) mass is 314 g/mol. The highest BCUT2D eigenvalue weighted by atomic mass is 16.5. The Balaban J connectivity index is 2.19. The minimum absolute atomic E-state index is 0.110. The molecule has 0 saturated heterocycles. The van der Waals surface area contributed by atoms with Crippen LogP contribution in [0.25, 0.3) is 0 Å². The van der Waals surface area contributed by atoms with Crippen molar-refractivity contribution < 1.29 is 14.3 Å². The zero-order valence-electron chi connectivity index (χ0n) is 13.8. The molecular formula is C18H22N2O3. The van der Waals surface area contributed by atoms with Gasteiger partial charge in [0.05, 0.1) is 5.69 Å². The number of benzene rings is 1. The quantitative estimate of drug-likeness (QED) is 0.619. The summed E-state index contributed by atoms with van der Waals surface area (Å²) < 4.78 is 5.16. The van der Waals surface area contributed by atoms with E-state index in [1.807, 2.05) is 45.0 Å². The molecule has 5 heteroatoms. The third-order valence-corrected chi connectivity index (χ3v) is 3.57. The summed E-state index contributed by atoms with van der Waals surface area (Å²) in [7, 11) is 0. The Morgan fingerprint density at radius 3 is 2.83 bits per heavy atom. The molecule has 0 atom stereocenters. The summed E-state index contributed by atoms with van der Waals surface area (Å²) in [6, 6.07) is 5.82. The Kier molecular flexibility index (Phi) is 5.68. The molecule has 0 unspecified atom stereocenters. The highest BCUT2D eigenvalue weighted by molar-refractivity contribution is 6.38. The van der Waals surface area contributed by atoms with Gasteiger partial charge in [-0.25, -0.2) is 4.79 Å². The van der Waals surface area contributed by atoms with Crippen molar-refractivity contribution in [2.45, 2.75) is 40.0 Å². The normalized spacial score (nSPS) is 15.0. The van der Waals surface area contributed by atoms with E-state index in [4.69, 9.17) is 4.74 Å². The van der Waals surface area contributed by atoms with Crippen LogP contribution in [0.2, 0.25) is 0 Å². The summed E-state index contributed by atoms with van der Waals surface area (Å²) in [6.07, 6.45) is 5.20. The van der Waals surface area contributed by atoms with Crippen molar-refractivity contribution in [1.29, 1.82) is 0 Å². The smallest absolute Gasteiger partial charge is 0.354 e. The largest absolute Gasteiger partial charge is 0.457 e. The fourth-order valence-electron chi connectivity index (χ4n) is 2.28. The van der Waals surface area contributed by atoms with E-state index in [0.29, 0.717) is 12.1 Å². The van der Waals surface area contributed by atoms with Crippen molar-refractivity contribution in [3.8, 4) is 0 Å². The first-order chi connectivity index (χ1) is 11.0. The summed E-state index contributed by atoms with van der Waals surface area (Å²) in [5.74, 6) is -0.574. The third kappa shape index (κ3) is 4.28. The molecule has 0 spiro atoms. The van der Waals surface area contributed by atoms with E-state index < -0.39 is 5.97 Å². The van der Waals surface area contributed by atoms with Gasteiger partial charge < -0.3 is 4.74 Å². The van der Waals surface area contributed by atoms with Crippen LogP contribution in [0.3, 0.4) is 0 Å². The molecule has 1 heterocycles. The number of hydrogen-bond acceptors (Lipinski definition) is 4. The summed E-state index contributed by atoms with van der Waals surface area (Å²) in [6.45, 7) is 6.11. The predicted molar refractivity (Wildman–Crippen MR) is 90.5 cm³/mol. The van der Waals surface area contributed by atoms with Gasteiger partial charge in [0, 0.05) is 12.8 Å². The van der Waals surface area contributed by atoms with E-state index >= 15 is 0 Å². The number of carbonyl (C=O) groups excluding carboxylic acids is 2. The first-order valence-corrected chi connectivity index (χ1v) is 7.82. The topological polar surface area (TPSA) is 59.0 Å². The van der Waals surface area contributed by atoms with Crippen molar-refractivity contribution in [1.82, 2.24) is 0 Å². The molecule has 1 amide bonds. The Morgan fingerprint density at radius 1 is 1.30 bits per heavy atom. The predicted octanol–water partition coefficient (Wildman–Crippen LogP) is 3.30. The lowest BCUT2D eigenvalue weighted by molar-refractivity contribution is -0.134. The number of carbonyl (C=O) groups is 2. The lowest BCUT2D eigenvalue weighted by Gasteiger charge is -2.24. The maximum absolute atomic E-state index is 12.2. The zero-order valence-corrected chi connectivity index (χ0v) is 13.8. The highest BCUT2D eigenvalue weighted by Crippen LogP contribution is 2.25. The van der Waals surface area contributed by atoms with Crippen LogP contribution in [0.5, 0.6) is 0 Å². The van der Waals surface area contributed by atoms with Gasteiger partial charge in [0.25, 0.3) is 0 Å². The Labute approximate surface area is 136 Å². The highest BCUT2D eigenvalue weighted by Gasteiger charge is 2.27. The minimum atomic E-state index is -0.464. The first kappa shape index (κ1) is 16.9. The molecule has 1 aliphatic heterocycles. The summed E-state index contributed by atoms with van der Waals surface area (Å²) in [4.78, 5) is 24.3. The second kappa shape index (κ2) is 7.72. The molecule has 0 aromatic heterocycles. The Morgan fingerprint density at radius 2 is 2.09 bits per heavy atom. The van der Waals surface area contributed by atoms with Crippen LogP contribution < -0.4 is 5.01 Å². The van der Waals surface area contributed by atoms with Gasteiger partial charge in [-0.2, -0.15) is 10.1 Å². The number of nitrogens with zero attached hydrogens (tertiary/aromatic N) is 2. The third-order valence-electron chi connectivity index (χ3n) is 3.57. The standard InChI is InChI=1S/C18H22N2O3/c1-4-5-6-11-23-18(22)15-9-10-17(21)20(19-15)16-12-13(2)7-8-14(16)3/h5-8,12H,4,9-11H2,1-3H3/b6-5+. The van der Waals surface area contributed by atoms with Gasteiger partial charge in [-0.3, -0.25) is 4.79 Å². The molecule has 1 aromatic rings. The minimum Gasteiger partial charge on any atom is -0.457 e. The number of hydrogen-bond donors (Lipinski definition) is 0. The maximum Gasteiger partial charge on any atom is 0.354 e. The second-order valence-corrected chi connectivity index (χ2v) is 5.52. The molecule has 0 radical (unpaired) electrons. The van der Waals surface area contributed by atoms with Gasteiger partial charge in [-0.15, -0.1) is 0 Å². The van der Waals surface area contributed by atoms with E-state index in [1.165, 1.54) is 5.01 Å². The molecule has 122 valence electrons. The van der Waals surface area contributed by atoms with Crippen molar-refractivity contribution in [2.75, 3.05) is 11.6 Å². The van der Waals surface area contributed by atoms with Gasteiger partial charge in [0.1, 0.15) is 12.3 Å². The van der Waals surface area contributed by atoms with Crippen molar-refractivity contribution >= 4 is 23.3 Å². The SMILES string of the molecule is CC/C=C/COC(=O)C1=NN(c2cc(C)ccc2C)C(=O)CC1. The van der Waals surface area contributed by atoms with E-state index in [9.17, 15) is 9.59 Å². The van der Waals surface area contributed by atoms with Crippen molar-refractivity contribution in [3.63, 3.8) is 0 Å². The molecule has 23 heavy (non-hydrogen) atoms. The summed E-state index contributed by atoms with van der Waals surface area (Å²) in [5, 5.41) is 5.56. The van der Waals surface area contributed by atoms with E-state index in [0.717, 1.165) is 17.5 Å². The maximum atomic E-state index is 12.2. The number of hydrazone groups is 1. The number of amides is 1. The first-order valence-electron chi connectivity index (χ1n) is 7.82. The molecule has 0 saturated carbocycles. The zero-order chi connectivity index (χ0) is 16.8. The average molecular weight is 314 g/mol. The average Bonchev–Trinajstić information content (AvgIpc) is 2.54. The Hall–Kier alpha value is -2.43. The van der Waals surface area contributed by atoms with Crippen LogP contribution in [0.15, 0.2) is 35.5 Å². The molecule has 5 nitrogen and oxygen atoms in total. The number of ether oxygens (including phenoxy) is 1. The van der Waals surface area contributed by atoms with Gasteiger partial charge >= 0.3 is 5.97 Å². The van der Waals surface area contributed by atoms with Gasteiger partial charge in [0.2, 0.25) is 5.91 Å². The van der Waals surface area contributed by atoms with Crippen LogP contribution in [0, 0.1) is 13.8 Å². The fraction of sp³-hybridized carbons (Fsp3) is 0.389. The molecule has 0 fully saturated rings. The van der Waals surface area contributed by atoms with Crippen molar-refractivity contribution in [3.05, 3.63) is 41.5 Å². The van der Waals surface area contributed by atoms with Gasteiger partial charge in [0.15, 0.2) is 0 Å². The van der Waals surface area contributed by atoms with Crippen LogP contribution in [0.1, 0.15) is 37.3 Å². The van der Waals surface area contributed by atoms with Crippen molar-refractivity contribution in [2.24, 2.45) is 5.10 Å². The van der Waals surface area contributed by atoms with Crippen LogP contribution in [0.4, 0.5) is 5.69 Å². The lowest BCUT2D eigenvalue weighted by atomic mass is 10.1. The van der Waals surface area contributed by atoms with Crippen LogP contribution in [-0.4, -0.2) is 24.2 Å². The molecular weight excluding hydrogens is 292 g/mol. The molecule has 1 aliphatic rings. The van der Waals surface area contributed by atoms with Gasteiger partial charge in [-0.05, 0) is 37.5 Å². The van der Waals surface area contributed by atoms with E-state index in [2.05, 4.69) is 5.10 Å². The van der Waals surface area contributed by atoms with Crippen LogP contribution >= 0.6 is 0 Å². The number of anilines is 1. The van der Waals surface area contributed by atoms with Gasteiger partial charge in [-0.1, -0.05) is 31.2 Å². The Bertz CT molecular complexity index is 662. The number of esters is 1. The van der Waals surface area contributed by atoms with Crippen LogP contribution in [-0.2, 0) is 14.3 Å².